The first-order chi connectivity index (χ1) is 11.7. The number of carbonyl (C=O) groups excluding carboxylic acids is 1. The van der Waals surface area contributed by atoms with Gasteiger partial charge in [-0.2, -0.15) is 5.10 Å². The minimum atomic E-state index is -0.184. The van der Waals surface area contributed by atoms with Gasteiger partial charge in [0.1, 0.15) is 0 Å². The van der Waals surface area contributed by atoms with Gasteiger partial charge in [0.15, 0.2) is 11.4 Å². The van der Waals surface area contributed by atoms with Crippen molar-refractivity contribution in [3.05, 3.63) is 42.2 Å². The Bertz CT molecular complexity index is 678. The SMILES string of the molecule is CCCN(C(=O)c1nn(-c2ccccc2)cc1O)C1CCNCC1. The fraction of sp³-hybridized carbons (Fsp3) is 0.444. The van der Waals surface area contributed by atoms with Gasteiger partial charge >= 0.3 is 0 Å². The summed E-state index contributed by atoms with van der Waals surface area (Å²) in [6.07, 6.45) is 4.25. The molecule has 0 atom stereocenters. The van der Waals surface area contributed by atoms with Crippen LogP contribution in [0, 0.1) is 0 Å². The largest absolute Gasteiger partial charge is 0.504 e. The Hall–Kier alpha value is -2.34. The van der Waals surface area contributed by atoms with Gasteiger partial charge in [-0.15, -0.1) is 0 Å². The van der Waals surface area contributed by atoms with E-state index in [0.717, 1.165) is 38.0 Å². The summed E-state index contributed by atoms with van der Waals surface area (Å²) in [5, 5.41) is 17.9. The van der Waals surface area contributed by atoms with Crippen LogP contribution >= 0.6 is 0 Å². The molecule has 3 rings (SSSR count). The molecule has 0 radical (unpaired) electrons. The van der Waals surface area contributed by atoms with Gasteiger partial charge in [-0.25, -0.2) is 4.68 Å². The molecule has 0 bridgehead atoms. The molecule has 1 aliphatic heterocycles. The normalized spacial score (nSPS) is 15.4. The van der Waals surface area contributed by atoms with E-state index >= 15 is 0 Å². The maximum absolute atomic E-state index is 13.0. The Morgan fingerprint density at radius 1 is 1.33 bits per heavy atom. The highest BCUT2D eigenvalue weighted by Crippen LogP contribution is 2.22. The quantitative estimate of drug-likeness (QED) is 0.882. The van der Waals surface area contributed by atoms with Crippen LogP contribution in [0.5, 0.6) is 5.75 Å². The molecule has 2 heterocycles. The van der Waals surface area contributed by atoms with E-state index in [0.29, 0.717) is 6.54 Å². The predicted octanol–water partition coefficient (Wildman–Crippen LogP) is 2.18. The first-order valence-corrected chi connectivity index (χ1v) is 8.56. The van der Waals surface area contributed by atoms with Crippen LogP contribution in [0.25, 0.3) is 5.69 Å². The third-order valence-corrected chi connectivity index (χ3v) is 4.39. The number of hydrogen-bond donors (Lipinski definition) is 2. The molecule has 6 nitrogen and oxygen atoms in total. The monoisotopic (exact) mass is 328 g/mol. The summed E-state index contributed by atoms with van der Waals surface area (Å²) in [7, 11) is 0. The first kappa shape index (κ1) is 16.5. The number of rotatable bonds is 5. The minimum Gasteiger partial charge on any atom is -0.504 e. The molecule has 0 saturated carbocycles. The number of nitrogens with zero attached hydrogens (tertiary/aromatic N) is 3. The lowest BCUT2D eigenvalue weighted by atomic mass is 10.0. The number of para-hydroxylation sites is 1. The van der Waals surface area contributed by atoms with Crippen LogP contribution in [0.2, 0.25) is 0 Å². The second-order valence-electron chi connectivity index (χ2n) is 6.12. The van der Waals surface area contributed by atoms with E-state index in [1.54, 1.807) is 4.68 Å². The highest BCUT2D eigenvalue weighted by Gasteiger charge is 2.29. The Kier molecular flexibility index (Phi) is 5.15. The van der Waals surface area contributed by atoms with Gasteiger partial charge in [0.05, 0.1) is 11.9 Å². The lowest BCUT2D eigenvalue weighted by Crippen LogP contribution is -2.46. The summed E-state index contributed by atoms with van der Waals surface area (Å²) in [5.41, 5.74) is 0.946. The fourth-order valence-corrected chi connectivity index (χ4v) is 3.18. The van der Waals surface area contributed by atoms with E-state index in [4.69, 9.17) is 0 Å². The lowest BCUT2D eigenvalue weighted by Gasteiger charge is -2.34. The average Bonchev–Trinajstić information content (AvgIpc) is 3.02. The van der Waals surface area contributed by atoms with Crippen LogP contribution in [-0.4, -0.2) is 51.4 Å². The molecule has 0 aliphatic carbocycles. The van der Waals surface area contributed by atoms with Gasteiger partial charge < -0.3 is 15.3 Å². The molecule has 1 amide bonds. The summed E-state index contributed by atoms with van der Waals surface area (Å²) in [6, 6.07) is 9.69. The lowest BCUT2D eigenvalue weighted by molar-refractivity contribution is 0.0633. The molecule has 6 heteroatoms. The number of benzene rings is 1. The third kappa shape index (κ3) is 3.43. The Balaban J connectivity index is 1.86. The van der Waals surface area contributed by atoms with Crippen LogP contribution in [0.4, 0.5) is 0 Å². The summed E-state index contributed by atoms with van der Waals surface area (Å²) in [5.74, 6) is -0.255. The number of carbonyl (C=O) groups is 1. The van der Waals surface area contributed by atoms with Gasteiger partial charge in [-0.05, 0) is 44.5 Å². The average molecular weight is 328 g/mol. The second-order valence-corrected chi connectivity index (χ2v) is 6.12. The molecule has 1 fully saturated rings. The molecule has 0 spiro atoms. The van der Waals surface area contributed by atoms with Crippen LogP contribution < -0.4 is 5.32 Å². The highest BCUT2D eigenvalue weighted by molar-refractivity contribution is 5.95. The van der Waals surface area contributed by atoms with Crippen molar-refractivity contribution in [2.24, 2.45) is 0 Å². The molecule has 0 unspecified atom stereocenters. The van der Waals surface area contributed by atoms with Crippen LogP contribution in [0.3, 0.4) is 0 Å². The van der Waals surface area contributed by atoms with E-state index in [1.807, 2.05) is 35.2 Å². The van der Waals surface area contributed by atoms with Crippen molar-refractivity contribution >= 4 is 5.91 Å². The van der Waals surface area contributed by atoms with Crippen molar-refractivity contribution in [3.63, 3.8) is 0 Å². The number of aromatic hydroxyl groups is 1. The molecule has 128 valence electrons. The van der Waals surface area contributed by atoms with Crippen molar-refractivity contribution in [3.8, 4) is 11.4 Å². The van der Waals surface area contributed by atoms with Crippen LogP contribution in [-0.2, 0) is 0 Å². The van der Waals surface area contributed by atoms with Crippen molar-refractivity contribution < 1.29 is 9.90 Å². The summed E-state index contributed by atoms with van der Waals surface area (Å²) < 4.78 is 1.55. The van der Waals surface area contributed by atoms with Crippen LogP contribution in [0.15, 0.2) is 36.5 Å². The van der Waals surface area contributed by atoms with Crippen molar-refractivity contribution in [2.75, 3.05) is 19.6 Å². The van der Waals surface area contributed by atoms with Gasteiger partial charge in [-0.3, -0.25) is 4.79 Å². The van der Waals surface area contributed by atoms with E-state index in [2.05, 4.69) is 17.3 Å². The first-order valence-electron chi connectivity index (χ1n) is 8.56. The van der Waals surface area contributed by atoms with Gasteiger partial charge in [0.25, 0.3) is 5.91 Å². The molecular weight excluding hydrogens is 304 g/mol. The van der Waals surface area contributed by atoms with E-state index in [1.165, 1.54) is 6.20 Å². The van der Waals surface area contributed by atoms with Crippen molar-refractivity contribution in [1.29, 1.82) is 0 Å². The summed E-state index contributed by atoms with van der Waals surface area (Å²) in [6.45, 7) is 4.58. The molecular formula is C18H24N4O2. The predicted molar refractivity (Wildman–Crippen MR) is 92.4 cm³/mol. The van der Waals surface area contributed by atoms with E-state index in [9.17, 15) is 9.90 Å². The zero-order valence-corrected chi connectivity index (χ0v) is 14.0. The molecule has 1 aromatic carbocycles. The Morgan fingerprint density at radius 2 is 2.04 bits per heavy atom. The maximum Gasteiger partial charge on any atom is 0.278 e. The van der Waals surface area contributed by atoms with E-state index < -0.39 is 0 Å². The Labute approximate surface area is 142 Å². The number of aromatic nitrogens is 2. The number of piperidine rings is 1. The minimum absolute atomic E-state index is 0.0705. The van der Waals surface area contributed by atoms with Crippen molar-refractivity contribution in [2.45, 2.75) is 32.2 Å². The second kappa shape index (κ2) is 7.49. The molecule has 1 aromatic heterocycles. The molecule has 24 heavy (non-hydrogen) atoms. The molecule has 2 N–H and O–H groups in total. The summed E-state index contributed by atoms with van der Waals surface area (Å²) in [4.78, 5) is 14.8. The number of nitrogens with one attached hydrogen (secondary N) is 1. The van der Waals surface area contributed by atoms with Gasteiger partial charge in [0, 0.05) is 12.6 Å². The van der Waals surface area contributed by atoms with Crippen molar-refractivity contribution in [1.82, 2.24) is 20.0 Å². The van der Waals surface area contributed by atoms with E-state index in [-0.39, 0.29) is 23.4 Å². The molecule has 2 aromatic rings. The zero-order valence-electron chi connectivity index (χ0n) is 14.0. The van der Waals surface area contributed by atoms with Gasteiger partial charge in [-0.1, -0.05) is 25.1 Å². The van der Waals surface area contributed by atoms with Gasteiger partial charge in [0.2, 0.25) is 0 Å². The molecule has 1 saturated heterocycles. The smallest absolute Gasteiger partial charge is 0.278 e. The zero-order chi connectivity index (χ0) is 16.9. The highest BCUT2D eigenvalue weighted by atomic mass is 16.3. The molecule has 1 aliphatic rings. The maximum atomic E-state index is 13.0. The fourth-order valence-electron chi connectivity index (χ4n) is 3.18. The number of hydrogen-bond acceptors (Lipinski definition) is 4. The standard InChI is InChI=1S/C18H24N4O2/c1-2-12-21(14-8-10-19-11-9-14)18(24)17-16(23)13-22(20-17)15-6-4-3-5-7-15/h3-7,13-14,19,23H,2,8-12H2,1H3. The topological polar surface area (TPSA) is 70.4 Å². The number of amides is 1. The van der Waals surface area contributed by atoms with Crippen LogP contribution in [0.1, 0.15) is 36.7 Å². The Morgan fingerprint density at radius 3 is 2.71 bits per heavy atom. The third-order valence-electron chi connectivity index (χ3n) is 4.39. The summed E-state index contributed by atoms with van der Waals surface area (Å²) >= 11 is 0.